The number of aryl methyl sites for hydroxylation is 1. The molecule has 0 radical (unpaired) electrons. The lowest BCUT2D eigenvalue weighted by molar-refractivity contribution is 0.0924. The Morgan fingerprint density at radius 3 is 2.83 bits per heavy atom. The molecular weight excluding hydrogens is 254 g/mol. The predicted molar refractivity (Wildman–Crippen MR) is 67.7 cm³/mol. The summed E-state index contributed by atoms with van der Waals surface area (Å²) < 4.78 is 7.18. The van der Waals surface area contributed by atoms with Gasteiger partial charge in [-0.15, -0.1) is 10.2 Å². The van der Waals surface area contributed by atoms with Gasteiger partial charge < -0.3 is 14.4 Å². The number of aliphatic hydroxyl groups is 1. The normalized spacial score (nSPS) is 12.4. The summed E-state index contributed by atoms with van der Waals surface area (Å²) in [5.41, 5.74) is 1.06. The van der Waals surface area contributed by atoms with E-state index < -0.39 is 6.10 Å². The smallest absolute Gasteiger partial charge is 0.138 e. The Morgan fingerprint density at radius 1 is 1.39 bits per heavy atom. The number of hydrogen-bond donors (Lipinski definition) is 1. The lowest BCUT2D eigenvalue weighted by Crippen LogP contribution is -2.23. The molecule has 18 heavy (non-hydrogen) atoms. The minimum atomic E-state index is -0.641. The molecule has 0 bridgehead atoms. The topological polar surface area (TPSA) is 60.2 Å². The Morgan fingerprint density at radius 2 is 2.11 bits per heavy atom. The molecule has 1 aromatic heterocycles. The van der Waals surface area contributed by atoms with Crippen LogP contribution in [0.5, 0.6) is 5.75 Å². The second-order valence-corrected chi connectivity index (χ2v) is 4.46. The Bertz CT molecular complexity index is 502. The second kappa shape index (κ2) is 5.84. The summed E-state index contributed by atoms with van der Waals surface area (Å²) in [6.45, 7) is 2.51. The van der Waals surface area contributed by atoms with E-state index in [0.29, 0.717) is 17.3 Å². The zero-order chi connectivity index (χ0) is 13.0. The van der Waals surface area contributed by atoms with Crippen LogP contribution in [0.4, 0.5) is 0 Å². The minimum absolute atomic E-state index is 0.168. The fourth-order valence-electron chi connectivity index (χ4n) is 1.52. The maximum absolute atomic E-state index is 9.80. The van der Waals surface area contributed by atoms with Crippen molar-refractivity contribution >= 4 is 11.6 Å². The molecular formula is C12H14ClN3O2. The molecule has 1 unspecified atom stereocenters. The zero-order valence-electron chi connectivity index (χ0n) is 9.95. The minimum Gasteiger partial charge on any atom is -0.489 e. The van der Waals surface area contributed by atoms with Crippen LogP contribution in [0, 0.1) is 6.92 Å². The summed E-state index contributed by atoms with van der Waals surface area (Å²) >= 11 is 5.99. The maximum Gasteiger partial charge on any atom is 0.138 e. The van der Waals surface area contributed by atoms with Crippen molar-refractivity contribution in [1.82, 2.24) is 14.8 Å². The van der Waals surface area contributed by atoms with Gasteiger partial charge in [-0.25, -0.2) is 0 Å². The van der Waals surface area contributed by atoms with Crippen LogP contribution in [0.1, 0.15) is 5.56 Å². The standard InChI is InChI=1S/C12H14ClN3O2/c1-9-2-3-11(13)12(4-9)18-6-10(17)5-16-7-14-15-8-16/h2-4,7-8,10,17H,5-6H2,1H3. The number of benzene rings is 1. The van der Waals surface area contributed by atoms with Gasteiger partial charge in [-0.3, -0.25) is 0 Å². The predicted octanol–water partition coefficient (Wildman–Crippen LogP) is 1.68. The van der Waals surface area contributed by atoms with Crippen LogP contribution in [0.2, 0.25) is 5.02 Å². The monoisotopic (exact) mass is 267 g/mol. The van der Waals surface area contributed by atoms with Gasteiger partial charge in [0.15, 0.2) is 0 Å². The second-order valence-electron chi connectivity index (χ2n) is 4.06. The first-order valence-corrected chi connectivity index (χ1v) is 5.92. The van der Waals surface area contributed by atoms with E-state index in [-0.39, 0.29) is 6.61 Å². The van der Waals surface area contributed by atoms with Gasteiger partial charge in [0.2, 0.25) is 0 Å². The summed E-state index contributed by atoms with van der Waals surface area (Å²) in [6.07, 6.45) is 2.45. The third-order valence-corrected chi connectivity index (χ3v) is 2.72. The van der Waals surface area contributed by atoms with E-state index in [1.165, 1.54) is 0 Å². The van der Waals surface area contributed by atoms with Crippen molar-refractivity contribution in [2.75, 3.05) is 6.61 Å². The van der Waals surface area contributed by atoms with Gasteiger partial charge in [0, 0.05) is 0 Å². The molecule has 5 nitrogen and oxygen atoms in total. The van der Waals surface area contributed by atoms with Gasteiger partial charge in [-0.05, 0) is 24.6 Å². The van der Waals surface area contributed by atoms with Crippen molar-refractivity contribution in [1.29, 1.82) is 0 Å². The van der Waals surface area contributed by atoms with Crippen molar-refractivity contribution in [3.63, 3.8) is 0 Å². The highest BCUT2D eigenvalue weighted by atomic mass is 35.5. The van der Waals surface area contributed by atoms with Crippen molar-refractivity contribution < 1.29 is 9.84 Å². The molecule has 6 heteroatoms. The van der Waals surface area contributed by atoms with Crippen LogP contribution in [0.25, 0.3) is 0 Å². The molecule has 2 aromatic rings. The van der Waals surface area contributed by atoms with Crippen molar-refractivity contribution in [3.8, 4) is 5.75 Å². The van der Waals surface area contributed by atoms with E-state index in [4.69, 9.17) is 16.3 Å². The third-order valence-electron chi connectivity index (χ3n) is 2.41. The molecule has 0 saturated carbocycles. The summed E-state index contributed by atoms with van der Waals surface area (Å²) in [6, 6.07) is 5.52. The van der Waals surface area contributed by atoms with Gasteiger partial charge >= 0.3 is 0 Å². The Labute approximate surface area is 110 Å². The number of ether oxygens (including phenoxy) is 1. The molecule has 0 saturated heterocycles. The molecule has 1 aromatic carbocycles. The number of aromatic nitrogens is 3. The number of rotatable bonds is 5. The molecule has 1 heterocycles. The molecule has 1 atom stereocenters. The molecule has 0 aliphatic carbocycles. The molecule has 0 fully saturated rings. The van der Waals surface area contributed by atoms with Crippen LogP contribution >= 0.6 is 11.6 Å². The van der Waals surface area contributed by atoms with Gasteiger partial charge in [0.05, 0.1) is 11.6 Å². The van der Waals surface area contributed by atoms with E-state index in [0.717, 1.165) is 5.56 Å². The molecule has 0 spiro atoms. The SMILES string of the molecule is Cc1ccc(Cl)c(OCC(O)Cn2cnnc2)c1. The van der Waals surface area contributed by atoms with Gasteiger partial charge in [-0.2, -0.15) is 0 Å². The first kappa shape index (κ1) is 12.9. The quantitative estimate of drug-likeness (QED) is 0.895. The average molecular weight is 268 g/mol. The molecule has 96 valence electrons. The highest BCUT2D eigenvalue weighted by Crippen LogP contribution is 2.25. The number of hydrogen-bond acceptors (Lipinski definition) is 4. The number of nitrogens with zero attached hydrogens (tertiary/aromatic N) is 3. The summed E-state index contributed by atoms with van der Waals surface area (Å²) in [5.74, 6) is 0.583. The van der Waals surface area contributed by atoms with E-state index in [9.17, 15) is 5.11 Å². The fraction of sp³-hybridized carbons (Fsp3) is 0.333. The molecule has 1 N–H and O–H groups in total. The summed E-state index contributed by atoms with van der Waals surface area (Å²) in [5, 5.41) is 17.7. The van der Waals surface area contributed by atoms with Gasteiger partial charge in [0.1, 0.15) is 31.1 Å². The fourth-order valence-corrected chi connectivity index (χ4v) is 1.69. The highest BCUT2D eigenvalue weighted by Gasteiger charge is 2.08. The largest absolute Gasteiger partial charge is 0.489 e. The van der Waals surface area contributed by atoms with Crippen molar-refractivity contribution in [2.24, 2.45) is 0 Å². The first-order chi connectivity index (χ1) is 8.65. The first-order valence-electron chi connectivity index (χ1n) is 5.54. The van der Waals surface area contributed by atoms with Crippen LogP contribution in [0.15, 0.2) is 30.9 Å². The van der Waals surface area contributed by atoms with E-state index in [2.05, 4.69) is 10.2 Å². The Balaban J connectivity index is 1.89. The van der Waals surface area contributed by atoms with Crippen LogP contribution in [-0.2, 0) is 6.54 Å². The highest BCUT2D eigenvalue weighted by molar-refractivity contribution is 6.32. The molecule has 0 aliphatic rings. The lowest BCUT2D eigenvalue weighted by atomic mass is 10.2. The number of aliphatic hydroxyl groups excluding tert-OH is 1. The Kier molecular flexibility index (Phi) is 4.17. The molecule has 2 rings (SSSR count). The third kappa shape index (κ3) is 3.45. The van der Waals surface area contributed by atoms with Crippen molar-refractivity contribution in [3.05, 3.63) is 41.4 Å². The summed E-state index contributed by atoms with van der Waals surface area (Å²) in [4.78, 5) is 0. The summed E-state index contributed by atoms with van der Waals surface area (Å²) in [7, 11) is 0. The molecule has 0 aliphatic heterocycles. The van der Waals surface area contributed by atoms with Gasteiger partial charge in [-0.1, -0.05) is 17.7 Å². The average Bonchev–Trinajstić information content (AvgIpc) is 2.83. The zero-order valence-corrected chi connectivity index (χ0v) is 10.7. The van der Waals surface area contributed by atoms with Crippen LogP contribution in [-0.4, -0.2) is 32.6 Å². The van der Waals surface area contributed by atoms with E-state index in [1.807, 2.05) is 19.1 Å². The van der Waals surface area contributed by atoms with Gasteiger partial charge in [0.25, 0.3) is 0 Å². The maximum atomic E-state index is 9.80. The van der Waals surface area contributed by atoms with E-state index >= 15 is 0 Å². The van der Waals surface area contributed by atoms with E-state index in [1.54, 1.807) is 23.3 Å². The van der Waals surface area contributed by atoms with Crippen LogP contribution < -0.4 is 4.74 Å². The Hall–Kier alpha value is -1.59. The lowest BCUT2D eigenvalue weighted by Gasteiger charge is -2.13. The molecule has 0 amide bonds. The number of halogens is 1. The van der Waals surface area contributed by atoms with Crippen molar-refractivity contribution in [2.45, 2.75) is 19.6 Å². The van der Waals surface area contributed by atoms with Crippen LogP contribution in [0.3, 0.4) is 0 Å².